The van der Waals surface area contributed by atoms with E-state index in [9.17, 15) is 18.0 Å². The summed E-state index contributed by atoms with van der Waals surface area (Å²) in [6, 6.07) is 6.93. The van der Waals surface area contributed by atoms with E-state index in [-0.39, 0.29) is 0 Å². The number of alkyl halides is 3. The Hall–Kier alpha value is -1.50. The van der Waals surface area contributed by atoms with Crippen LogP contribution in [0, 0.1) is 0 Å². The standard InChI is InChI=1S/C10H6BrF3N2O/c11-6-2-1-3-7(4-6)16-9(17)5-8(15-16)10(12,13)14/h1-5,15H. The fraction of sp³-hybridized carbons (Fsp3) is 0.100. The molecular weight excluding hydrogens is 301 g/mol. The number of halogens is 4. The lowest BCUT2D eigenvalue weighted by Gasteiger charge is -2.04. The van der Waals surface area contributed by atoms with Gasteiger partial charge in [0.15, 0.2) is 0 Å². The van der Waals surface area contributed by atoms with E-state index in [1.807, 2.05) is 5.10 Å². The lowest BCUT2D eigenvalue weighted by molar-refractivity contribution is -0.141. The zero-order chi connectivity index (χ0) is 12.6. The Morgan fingerprint density at radius 1 is 1.24 bits per heavy atom. The van der Waals surface area contributed by atoms with Gasteiger partial charge in [0.2, 0.25) is 0 Å². The van der Waals surface area contributed by atoms with Crippen molar-refractivity contribution in [3.05, 3.63) is 50.9 Å². The Morgan fingerprint density at radius 3 is 2.47 bits per heavy atom. The van der Waals surface area contributed by atoms with E-state index in [1.54, 1.807) is 12.1 Å². The number of nitrogens with one attached hydrogen (secondary N) is 1. The molecule has 0 saturated carbocycles. The van der Waals surface area contributed by atoms with Crippen molar-refractivity contribution in [2.75, 3.05) is 0 Å². The van der Waals surface area contributed by atoms with Crippen molar-refractivity contribution in [2.45, 2.75) is 6.18 Å². The van der Waals surface area contributed by atoms with Crippen LogP contribution in [0.2, 0.25) is 0 Å². The molecule has 0 aliphatic rings. The van der Waals surface area contributed by atoms with Crippen molar-refractivity contribution in [1.82, 2.24) is 9.78 Å². The van der Waals surface area contributed by atoms with Crippen LogP contribution in [-0.2, 0) is 6.18 Å². The van der Waals surface area contributed by atoms with Crippen molar-refractivity contribution in [1.29, 1.82) is 0 Å². The van der Waals surface area contributed by atoms with Gasteiger partial charge < -0.3 is 0 Å². The molecule has 0 bridgehead atoms. The summed E-state index contributed by atoms with van der Waals surface area (Å²) in [6.07, 6.45) is -4.56. The fourth-order valence-corrected chi connectivity index (χ4v) is 1.74. The van der Waals surface area contributed by atoms with Gasteiger partial charge in [-0.1, -0.05) is 22.0 Å². The molecular formula is C10H6BrF3N2O. The highest BCUT2D eigenvalue weighted by atomic mass is 79.9. The van der Waals surface area contributed by atoms with Crippen LogP contribution >= 0.6 is 15.9 Å². The SMILES string of the molecule is O=c1cc(C(F)(F)F)[nH]n1-c1cccc(Br)c1. The third-order valence-electron chi connectivity index (χ3n) is 2.09. The maximum Gasteiger partial charge on any atom is 0.432 e. The third-order valence-corrected chi connectivity index (χ3v) is 2.59. The molecule has 0 fully saturated rings. The monoisotopic (exact) mass is 306 g/mol. The maximum absolute atomic E-state index is 12.4. The van der Waals surface area contributed by atoms with Crippen molar-refractivity contribution >= 4 is 15.9 Å². The number of benzene rings is 1. The number of nitrogens with zero attached hydrogens (tertiary/aromatic N) is 1. The normalized spacial score (nSPS) is 11.8. The molecule has 0 saturated heterocycles. The topological polar surface area (TPSA) is 37.8 Å². The molecule has 2 rings (SSSR count). The van der Waals surface area contributed by atoms with E-state index in [4.69, 9.17) is 0 Å². The molecule has 1 heterocycles. The van der Waals surface area contributed by atoms with Gasteiger partial charge in [-0.15, -0.1) is 0 Å². The van der Waals surface area contributed by atoms with Gasteiger partial charge >= 0.3 is 6.18 Å². The molecule has 1 N–H and O–H groups in total. The molecule has 2 aromatic rings. The maximum atomic E-state index is 12.4. The number of aromatic amines is 1. The first-order chi connectivity index (χ1) is 7.88. The molecule has 1 aromatic carbocycles. The Labute approximate surface area is 102 Å². The van der Waals surface area contributed by atoms with Crippen LogP contribution in [-0.4, -0.2) is 9.78 Å². The largest absolute Gasteiger partial charge is 0.432 e. The first-order valence-corrected chi connectivity index (χ1v) is 5.32. The highest BCUT2D eigenvalue weighted by Crippen LogP contribution is 2.26. The predicted octanol–water partition coefficient (Wildman–Crippen LogP) is 2.95. The van der Waals surface area contributed by atoms with Gasteiger partial charge in [0.25, 0.3) is 5.56 Å². The summed E-state index contributed by atoms with van der Waals surface area (Å²) in [7, 11) is 0. The smallest absolute Gasteiger partial charge is 0.286 e. The van der Waals surface area contributed by atoms with Crippen LogP contribution in [0.1, 0.15) is 5.69 Å². The van der Waals surface area contributed by atoms with Crippen LogP contribution < -0.4 is 5.56 Å². The predicted molar refractivity (Wildman–Crippen MR) is 59.1 cm³/mol. The Bertz CT molecular complexity index is 600. The molecule has 7 heteroatoms. The molecule has 17 heavy (non-hydrogen) atoms. The minimum absolute atomic E-state index is 0.333. The molecule has 1 aromatic heterocycles. The zero-order valence-electron chi connectivity index (χ0n) is 8.25. The van der Waals surface area contributed by atoms with Gasteiger partial charge in [-0.25, -0.2) is 4.68 Å². The average Bonchev–Trinajstić information content (AvgIpc) is 2.60. The molecule has 0 aliphatic carbocycles. The zero-order valence-corrected chi connectivity index (χ0v) is 9.84. The van der Waals surface area contributed by atoms with Gasteiger partial charge in [-0.2, -0.15) is 13.2 Å². The molecule has 0 aliphatic heterocycles. The number of hydrogen-bond donors (Lipinski definition) is 1. The van der Waals surface area contributed by atoms with Crippen molar-refractivity contribution in [3.8, 4) is 5.69 Å². The van der Waals surface area contributed by atoms with Crippen LogP contribution in [0.15, 0.2) is 39.6 Å². The van der Waals surface area contributed by atoms with Gasteiger partial charge in [0.05, 0.1) is 5.69 Å². The van der Waals surface area contributed by atoms with Gasteiger partial charge in [0.1, 0.15) is 5.69 Å². The molecule has 0 atom stereocenters. The Balaban J connectivity index is 2.54. The molecule has 3 nitrogen and oxygen atoms in total. The quantitative estimate of drug-likeness (QED) is 0.864. The highest BCUT2D eigenvalue weighted by molar-refractivity contribution is 9.10. The van der Waals surface area contributed by atoms with E-state index >= 15 is 0 Å². The summed E-state index contributed by atoms with van der Waals surface area (Å²) in [6.45, 7) is 0. The summed E-state index contributed by atoms with van der Waals surface area (Å²) in [5, 5.41) is 2.02. The van der Waals surface area contributed by atoms with E-state index < -0.39 is 17.4 Å². The van der Waals surface area contributed by atoms with Gasteiger partial charge in [-0.3, -0.25) is 9.89 Å². The Morgan fingerprint density at radius 2 is 1.94 bits per heavy atom. The average molecular weight is 307 g/mol. The van der Waals surface area contributed by atoms with E-state index in [1.165, 1.54) is 12.1 Å². The minimum Gasteiger partial charge on any atom is -0.286 e. The minimum atomic E-state index is -4.56. The summed E-state index contributed by atoms with van der Waals surface area (Å²) in [5.41, 5.74) is -1.49. The summed E-state index contributed by atoms with van der Waals surface area (Å²) >= 11 is 3.18. The van der Waals surface area contributed by atoms with E-state index in [2.05, 4.69) is 15.9 Å². The number of hydrogen-bond acceptors (Lipinski definition) is 1. The number of H-pyrrole nitrogens is 1. The highest BCUT2D eigenvalue weighted by Gasteiger charge is 2.33. The van der Waals surface area contributed by atoms with Crippen molar-refractivity contribution < 1.29 is 13.2 Å². The first kappa shape index (κ1) is 12.0. The summed E-state index contributed by atoms with van der Waals surface area (Å²) < 4.78 is 38.7. The van der Waals surface area contributed by atoms with Crippen molar-refractivity contribution in [2.24, 2.45) is 0 Å². The second-order valence-electron chi connectivity index (χ2n) is 3.32. The first-order valence-electron chi connectivity index (χ1n) is 4.53. The second kappa shape index (κ2) is 4.06. The van der Waals surface area contributed by atoms with Crippen LogP contribution in [0.4, 0.5) is 13.2 Å². The van der Waals surface area contributed by atoms with E-state index in [0.717, 1.165) is 4.68 Å². The fourth-order valence-electron chi connectivity index (χ4n) is 1.35. The van der Waals surface area contributed by atoms with Crippen LogP contribution in [0.3, 0.4) is 0 Å². The lowest BCUT2D eigenvalue weighted by Crippen LogP contribution is -2.13. The lowest BCUT2D eigenvalue weighted by atomic mass is 10.3. The Kier molecular flexibility index (Phi) is 2.86. The summed E-state index contributed by atoms with van der Waals surface area (Å²) in [5.74, 6) is 0. The van der Waals surface area contributed by atoms with E-state index in [0.29, 0.717) is 16.2 Å². The molecule has 0 amide bonds. The van der Waals surface area contributed by atoms with Gasteiger partial charge in [-0.05, 0) is 18.2 Å². The van der Waals surface area contributed by atoms with Gasteiger partial charge in [0, 0.05) is 10.5 Å². The van der Waals surface area contributed by atoms with Crippen molar-refractivity contribution in [3.63, 3.8) is 0 Å². The molecule has 90 valence electrons. The molecule has 0 spiro atoms. The number of rotatable bonds is 1. The second-order valence-corrected chi connectivity index (χ2v) is 4.24. The summed E-state index contributed by atoms with van der Waals surface area (Å²) in [4.78, 5) is 11.4. The van der Waals surface area contributed by atoms with Crippen LogP contribution in [0.5, 0.6) is 0 Å². The number of aromatic nitrogens is 2. The van der Waals surface area contributed by atoms with Crippen LogP contribution in [0.25, 0.3) is 5.69 Å². The molecule has 0 radical (unpaired) electrons. The third kappa shape index (κ3) is 2.44. The molecule has 0 unspecified atom stereocenters.